The molecule has 0 saturated carbocycles. The molecule has 0 saturated heterocycles. The molecule has 0 aliphatic carbocycles. The summed E-state index contributed by atoms with van der Waals surface area (Å²) in [5, 5.41) is 8.51. The smallest absolute Gasteiger partial charge is 0.190 e. The number of aliphatic hydroxyl groups excluding tert-OH is 1. The van der Waals surface area contributed by atoms with Crippen LogP contribution >= 0.6 is 12.4 Å². The van der Waals surface area contributed by atoms with Gasteiger partial charge < -0.3 is 10.8 Å². The molecule has 0 fully saturated rings. The molecule has 3 N–H and O–H groups in total. The number of hydrogen-bond donors (Lipinski definition) is 2. The molecule has 0 spiro atoms. The first-order valence-electron chi connectivity index (χ1n) is 3.24. The minimum Gasteiger partial charge on any atom is -0.398 e. The molecule has 1 rings (SSSR count). The molecule has 0 bridgehead atoms. The summed E-state index contributed by atoms with van der Waals surface area (Å²) in [5.74, 6) is -0.344. The maximum atomic E-state index is 10.9. The van der Waals surface area contributed by atoms with E-state index in [-0.39, 0.29) is 18.2 Å². The molecule has 3 nitrogen and oxygen atoms in total. The predicted molar refractivity (Wildman–Crippen MR) is 49.5 cm³/mol. The van der Waals surface area contributed by atoms with Crippen molar-refractivity contribution < 1.29 is 9.90 Å². The Labute approximate surface area is 76.6 Å². The van der Waals surface area contributed by atoms with Gasteiger partial charge in [0.05, 0.1) is 0 Å². The zero-order valence-electron chi connectivity index (χ0n) is 6.36. The average Bonchev–Trinajstić information content (AvgIpc) is 2.04. The average molecular weight is 188 g/mol. The third kappa shape index (κ3) is 2.22. The largest absolute Gasteiger partial charge is 0.398 e. The molecule has 0 heterocycles. The minimum atomic E-state index is -0.492. The maximum Gasteiger partial charge on any atom is 0.190 e. The third-order valence-electron chi connectivity index (χ3n) is 1.40. The number of ketones is 1. The van der Waals surface area contributed by atoms with Crippen LogP contribution in [-0.4, -0.2) is 17.5 Å². The van der Waals surface area contributed by atoms with Gasteiger partial charge in [0.25, 0.3) is 0 Å². The van der Waals surface area contributed by atoms with Gasteiger partial charge in [-0.1, -0.05) is 12.1 Å². The zero-order chi connectivity index (χ0) is 8.27. The Hall–Kier alpha value is -1.06. The molecule has 0 aromatic heterocycles. The SMILES string of the molecule is Cl.Nc1ccccc1C(=O)CO. The van der Waals surface area contributed by atoms with Gasteiger partial charge in [0.2, 0.25) is 0 Å². The van der Waals surface area contributed by atoms with Crippen molar-refractivity contribution in [1.82, 2.24) is 0 Å². The second-order valence-electron chi connectivity index (χ2n) is 2.17. The van der Waals surface area contributed by atoms with Crippen molar-refractivity contribution >= 4 is 23.9 Å². The predicted octanol–water partition coefficient (Wildman–Crippen LogP) is 0.866. The van der Waals surface area contributed by atoms with Crippen LogP contribution in [0.25, 0.3) is 0 Å². The zero-order valence-corrected chi connectivity index (χ0v) is 7.17. The number of anilines is 1. The lowest BCUT2D eigenvalue weighted by Gasteiger charge is -1.99. The van der Waals surface area contributed by atoms with Crippen LogP contribution in [0.5, 0.6) is 0 Å². The van der Waals surface area contributed by atoms with Crippen molar-refractivity contribution in [2.24, 2.45) is 0 Å². The summed E-state index contributed by atoms with van der Waals surface area (Å²) in [4.78, 5) is 10.9. The van der Waals surface area contributed by atoms with Crippen molar-refractivity contribution in [3.8, 4) is 0 Å². The van der Waals surface area contributed by atoms with E-state index in [1.54, 1.807) is 24.3 Å². The lowest BCUT2D eigenvalue weighted by molar-refractivity contribution is 0.0904. The summed E-state index contributed by atoms with van der Waals surface area (Å²) in [6.07, 6.45) is 0. The van der Waals surface area contributed by atoms with E-state index < -0.39 is 6.61 Å². The molecule has 0 aliphatic rings. The molecular weight excluding hydrogens is 178 g/mol. The van der Waals surface area contributed by atoms with Crippen LogP contribution in [-0.2, 0) is 0 Å². The monoisotopic (exact) mass is 187 g/mol. The van der Waals surface area contributed by atoms with E-state index in [2.05, 4.69) is 0 Å². The lowest BCUT2D eigenvalue weighted by atomic mass is 10.1. The number of para-hydroxylation sites is 1. The molecule has 0 aliphatic heterocycles. The second-order valence-corrected chi connectivity index (χ2v) is 2.17. The Balaban J connectivity index is 0.00000121. The Bertz CT molecular complexity index is 276. The van der Waals surface area contributed by atoms with Gasteiger partial charge in [-0.2, -0.15) is 0 Å². The van der Waals surface area contributed by atoms with E-state index >= 15 is 0 Å². The van der Waals surface area contributed by atoms with Crippen LogP contribution in [0.15, 0.2) is 24.3 Å². The Morgan fingerprint density at radius 2 is 2.00 bits per heavy atom. The molecule has 1 aromatic carbocycles. The first kappa shape index (κ1) is 10.9. The number of Topliss-reactive ketones (excluding diaryl/α,β-unsaturated/α-hetero) is 1. The van der Waals surface area contributed by atoms with Gasteiger partial charge in [-0.15, -0.1) is 12.4 Å². The molecule has 0 unspecified atom stereocenters. The number of hydrogen-bond acceptors (Lipinski definition) is 3. The van der Waals surface area contributed by atoms with E-state index in [4.69, 9.17) is 10.8 Å². The fourth-order valence-electron chi connectivity index (χ4n) is 0.836. The summed E-state index contributed by atoms with van der Waals surface area (Å²) in [7, 11) is 0. The van der Waals surface area contributed by atoms with Crippen LogP contribution in [0.3, 0.4) is 0 Å². The number of benzene rings is 1. The van der Waals surface area contributed by atoms with Gasteiger partial charge in [0.1, 0.15) is 6.61 Å². The summed E-state index contributed by atoms with van der Waals surface area (Å²) >= 11 is 0. The molecule has 4 heteroatoms. The van der Waals surface area contributed by atoms with Crippen molar-refractivity contribution in [3.63, 3.8) is 0 Å². The van der Waals surface area contributed by atoms with E-state index in [1.165, 1.54) is 0 Å². The van der Waals surface area contributed by atoms with Crippen molar-refractivity contribution in [3.05, 3.63) is 29.8 Å². The Morgan fingerprint density at radius 1 is 1.42 bits per heavy atom. The highest BCUT2D eigenvalue weighted by Gasteiger charge is 2.05. The van der Waals surface area contributed by atoms with E-state index in [9.17, 15) is 4.79 Å². The van der Waals surface area contributed by atoms with Crippen LogP contribution < -0.4 is 5.73 Å². The van der Waals surface area contributed by atoms with Crippen LogP contribution in [0.4, 0.5) is 5.69 Å². The highest BCUT2D eigenvalue weighted by atomic mass is 35.5. The van der Waals surface area contributed by atoms with Gasteiger partial charge in [-0.3, -0.25) is 4.79 Å². The van der Waals surface area contributed by atoms with Crippen molar-refractivity contribution in [1.29, 1.82) is 0 Å². The highest BCUT2D eigenvalue weighted by Crippen LogP contribution is 2.10. The topological polar surface area (TPSA) is 63.3 Å². The molecular formula is C8H10ClNO2. The number of carbonyl (C=O) groups is 1. The van der Waals surface area contributed by atoms with E-state index in [0.29, 0.717) is 11.3 Å². The summed E-state index contributed by atoms with van der Waals surface area (Å²) in [6, 6.07) is 6.67. The quantitative estimate of drug-likeness (QED) is 0.534. The lowest BCUT2D eigenvalue weighted by Crippen LogP contribution is -2.07. The van der Waals surface area contributed by atoms with Crippen LogP contribution in [0.1, 0.15) is 10.4 Å². The van der Waals surface area contributed by atoms with E-state index in [1.807, 2.05) is 0 Å². The van der Waals surface area contributed by atoms with Crippen molar-refractivity contribution in [2.75, 3.05) is 12.3 Å². The number of rotatable bonds is 2. The first-order chi connectivity index (χ1) is 5.25. The molecule has 66 valence electrons. The molecule has 0 atom stereocenters. The number of nitrogens with two attached hydrogens (primary N) is 1. The summed E-state index contributed by atoms with van der Waals surface area (Å²) in [6.45, 7) is -0.492. The fourth-order valence-corrected chi connectivity index (χ4v) is 0.836. The minimum absolute atomic E-state index is 0. The number of carbonyl (C=O) groups excluding carboxylic acids is 1. The maximum absolute atomic E-state index is 10.9. The summed E-state index contributed by atoms with van der Waals surface area (Å²) < 4.78 is 0. The number of aliphatic hydroxyl groups is 1. The molecule has 12 heavy (non-hydrogen) atoms. The van der Waals surface area contributed by atoms with Gasteiger partial charge in [-0.25, -0.2) is 0 Å². The van der Waals surface area contributed by atoms with Gasteiger partial charge in [-0.05, 0) is 12.1 Å². The third-order valence-corrected chi connectivity index (χ3v) is 1.40. The summed E-state index contributed by atoms with van der Waals surface area (Å²) in [5.41, 5.74) is 6.26. The van der Waals surface area contributed by atoms with Gasteiger partial charge >= 0.3 is 0 Å². The standard InChI is InChI=1S/C8H9NO2.ClH/c9-7-4-2-1-3-6(7)8(11)5-10;/h1-4,10H,5,9H2;1H. The molecule has 0 radical (unpaired) electrons. The van der Waals surface area contributed by atoms with Gasteiger partial charge in [0, 0.05) is 11.3 Å². The van der Waals surface area contributed by atoms with E-state index in [0.717, 1.165) is 0 Å². The molecule has 1 aromatic rings. The van der Waals surface area contributed by atoms with Crippen molar-refractivity contribution in [2.45, 2.75) is 0 Å². The number of halogens is 1. The second kappa shape index (κ2) is 4.74. The normalized spacial score (nSPS) is 8.75. The fraction of sp³-hybridized carbons (Fsp3) is 0.125. The molecule has 0 amide bonds. The number of nitrogen functional groups attached to an aromatic ring is 1. The van der Waals surface area contributed by atoms with Gasteiger partial charge in [0.15, 0.2) is 5.78 Å². The Kier molecular flexibility index (Phi) is 4.33. The highest BCUT2D eigenvalue weighted by molar-refractivity contribution is 6.01. The Morgan fingerprint density at radius 3 is 2.50 bits per heavy atom. The van der Waals surface area contributed by atoms with Crippen LogP contribution in [0, 0.1) is 0 Å². The first-order valence-corrected chi connectivity index (χ1v) is 3.24. The van der Waals surface area contributed by atoms with Crippen LogP contribution in [0.2, 0.25) is 0 Å².